The number of rotatable bonds is 2. The summed E-state index contributed by atoms with van der Waals surface area (Å²) in [6, 6.07) is 11.2. The molecule has 1 aromatic heterocycles. The van der Waals surface area contributed by atoms with Gasteiger partial charge in [-0.3, -0.25) is 9.59 Å². The van der Waals surface area contributed by atoms with Gasteiger partial charge in [-0.05, 0) is 23.1 Å². The third kappa shape index (κ3) is 2.75. The van der Waals surface area contributed by atoms with Gasteiger partial charge in [0.25, 0.3) is 5.91 Å². The van der Waals surface area contributed by atoms with E-state index in [1.165, 1.54) is 0 Å². The average molecular weight is 356 g/mol. The van der Waals surface area contributed by atoms with Crippen LogP contribution in [-0.2, 0) is 9.53 Å². The van der Waals surface area contributed by atoms with E-state index in [1.54, 1.807) is 23.3 Å². The fourth-order valence-electron chi connectivity index (χ4n) is 3.74. The Morgan fingerprint density at radius 3 is 2.64 bits per heavy atom. The third-order valence-corrected chi connectivity index (χ3v) is 5.95. The first-order valence-electron chi connectivity index (χ1n) is 8.44. The number of carbonyl (C=O) groups is 2. The molecule has 2 amide bonds. The molecule has 130 valence electrons. The predicted molar refractivity (Wildman–Crippen MR) is 95.7 cm³/mol. The van der Waals surface area contributed by atoms with E-state index in [1.807, 2.05) is 46.7 Å². The lowest BCUT2D eigenvalue weighted by Gasteiger charge is -2.41. The molecular formula is C19H20N2O3S. The summed E-state index contributed by atoms with van der Waals surface area (Å²) in [7, 11) is 1.79. The first-order chi connectivity index (χ1) is 12.2. The van der Waals surface area contributed by atoms with Crippen molar-refractivity contribution in [2.24, 2.45) is 0 Å². The Morgan fingerprint density at radius 1 is 1.16 bits per heavy atom. The van der Waals surface area contributed by atoms with Crippen molar-refractivity contribution in [3.05, 3.63) is 57.8 Å². The number of fused-ring (bicyclic) bond motifs is 1. The van der Waals surface area contributed by atoms with Gasteiger partial charge in [0.05, 0.1) is 25.2 Å². The van der Waals surface area contributed by atoms with E-state index in [9.17, 15) is 9.59 Å². The molecule has 4 rings (SSSR count). The number of amides is 2. The van der Waals surface area contributed by atoms with Gasteiger partial charge in [0.2, 0.25) is 5.91 Å². The predicted octanol–water partition coefficient (Wildman–Crippen LogP) is 2.52. The van der Waals surface area contributed by atoms with Gasteiger partial charge in [-0.1, -0.05) is 24.3 Å². The van der Waals surface area contributed by atoms with Crippen molar-refractivity contribution in [2.45, 2.75) is 12.0 Å². The van der Waals surface area contributed by atoms with E-state index >= 15 is 0 Å². The standard InChI is InChI=1S/C19H20N2O3S/c1-20-17(15-7-4-12-25-15)16(19(23)21-8-10-24-11-9-21)13-5-2-3-6-14(13)18(20)22/h2-7,12,16-17H,8-11H2,1H3. The van der Waals surface area contributed by atoms with Crippen molar-refractivity contribution >= 4 is 23.2 Å². The molecule has 0 aliphatic carbocycles. The minimum Gasteiger partial charge on any atom is -0.378 e. The number of likely N-dealkylation sites (N-methyl/N-ethyl adjacent to an activating group) is 1. The van der Waals surface area contributed by atoms with Crippen LogP contribution in [0.1, 0.15) is 32.8 Å². The van der Waals surface area contributed by atoms with E-state index in [0.717, 1.165) is 10.4 Å². The van der Waals surface area contributed by atoms with Gasteiger partial charge in [0.15, 0.2) is 0 Å². The van der Waals surface area contributed by atoms with Gasteiger partial charge in [-0.25, -0.2) is 0 Å². The maximum absolute atomic E-state index is 13.4. The summed E-state index contributed by atoms with van der Waals surface area (Å²) in [5.41, 5.74) is 1.46. The highest BCUT2D eigenvalue weighted by Gasteiger charge is 2.44. The average Bonchev–Trinajstić information content (AvgIpc) is 3.19. The maximum atomic E-state index is 13.4. The highest BCUT2D eigenvalue weighted by Crippen LogP contribution is 2.44. The molecule has 0 saturated carbocycles. The zero-order valence-electron chi connectivity index (χ0n) is 14.1. The van der Waals surface area contributed by atoms with Crippen molar-refractivity contribution < 1.29 is 14.3 Å². The highest BCUT2D eigenvalue weighted by atomic mass is 32.1. The molecule has 6 heteroatoms. The second kappa shape index (κ2) is 6.61. The van der Waals surface area contributed by atoms with E-state index in [2.05, 4.69) is 0 Å². The van der Waals surface area contributed by atoms with Crippen LogP contribution in [-0.4, -0.2) is 55.0 Å². The smallest absolute Gasteiger partial charge is 0.254 e. The molecule has 0 N–H and O–H groups in total. The topological polar surface area (TPSA) is 49.9 Å². The maximum Gasteiger partial charge on any atom is 0.254 e. The summed E-state index contributed by atoms with van der Waals surface area (Å²) in [5.74, 6) is -0.329. The summed E-state index contributed by atoms with van der Waals surface area (Å²) >= 11 is 1.59. The van der Waals surface area contributed by atoms with Crippen LogP contribution in [0.4, 0.5) is 0 Å². The van der Waals surface area contributed by atoms with Crippen LogP contribution in [0, 0.1) is 0 Å². The Bertz CT molecular complexity index is 784. The lowest BCUT2D eigenvalue weighted by atomic mass is 9.81. The van der Waals surface area contributed by atoms with Crippen molar-refractivity contribution in [1.82, 2.24) is 9.80 Å². The molecule has 2 aliphatic rings. The lowest BCUT2D eigenvalue weighted by Crippen LogP contribution is -2.49. The number of benzene rings is 1. The molecule has 2 aromatic rings. The van der Waals surface area contributed by atoms with E-state index in [0.29, 0.717) is 31.9 Å². The minimum absolute atomic E-state index is 0.0278. The van der Waals surface area contributed by atoms with Crippen LogP contribution in [0.15, 0.2) is 41.8 Å². The number of hydrogen-bond acceptors (Lipinski definition) is 4. The molecule has 2 aliphatic heterocycles. The zero-order chi connectivity index (χ0) is 17.4. The van der Waals surface area contributed by atoms with Crippen LogP contribution < -0.4 is 0 Å². The van der Waals surface area contributed by atoms with Crippen LogP contribution in [0.25, 0.3) is 0 Å². The van der Waals surface area contributed by atoms with E-state index < -0.39 is 0 Å². The first kappa shape index (κ1) is 16.3. The monoisotopic (exact) mass is 356 g/mol. The van der Waals surface area contributed by atoms with Crippen LogP contribution in [0.2, 0.25) is 0 Å². The number of morpholine rings is 1. The summed E-state index contributed by atoms with van der Waals surface area (Å²) in [5, 5.41) is 1.99. The molecule has 0 radical (unpaired) electrons. The molecule has 1 aromatic carbocycles. The normalized spacial score (nSPS) is 23.5. The Labute approximate surface area is 150 Å². The summed E-state index contributed by atoms with van der Waals surface area (Å²) < 4.78 is 5.39. The first-order valence-corrected chi connectivity index (χ1v) is 9.32. The molecule has 1 fully saturated rings. The Kier molecular flexibility index (Phi) is 4.31. The molecule has 0 spiro atoms. The van der Waals surface area contributed by atoms with Crippen molar-refractivity contribution in [2.75, 3.05) is 33.4 Å². The number of ether oxygens (including phenoxy) is 1. The molecule has 5 nitrogen and oxygen atoms in total. The Balaban J connectivity index is 1.81. The van der Waals surface area contributed by atoms with Crippen molar-refractivity contribution in [3.63, 3.8) is 0 Å². The van der Waals surface area contributed by atoms with Gasteiger partial charge in [0.1, 0.15) is 0 Å². The number of nitrogens with zero attached hydrogens (tertiary/aromatic N) is 2. The van der Waals surface area contributed by atoms with Crippen molar-refractivity contribution in [1.29, 1.82) is 0 Å². The number of thiophene rings is 1. The second-order valence-electron chi connectivity index (χ2n) is 6.38. The van der Waals surface area contributed by atoms with Gasteiger partial charge >= 0.3 is 0 Å². The van der Waals surface area contributed by atoms with Crippen molar-refractivity contribution in [3.8, 4) is 0 Å². The minimum atomic E-state index is -0.379. The van der Waals surface area contributed by atoms with E-state index in [4.69, 9.17) is 4.74 Å². The largest absolute Gasteiger partial charge is 0.378 e. The lowest BCUT2D eigenvalue weighted by molar-refractivity contribution is -0.138. The molecule has 1 saturated heterocycles. The zero-order valence-corrected chi connectivity index (χ0v) is 14.9. The number of hydrogen-bond donors (Lipinski definition) is 0. The Hall–Kier alpha value is -2.18. The molecule has 0 bridgehead atoms. The molecular weight excluding hydrogens is 336 g/mol. The summed E-state index contributed by atoms with van der Waals surface area (Å²) in [6.45, 7) is 2.34. The quantitative estimate of drug-likeness (QED) is 0.831. The molecule has 25 heavy (non-hydrogen) atoms. The van der Waals surface area contributed by atoms with Gasteiger partial charge < -0.3 is 14.5 Å². The number of carbonyl (C=O) groups excluding carboxylic acids is 2. The second-order valence-corrected chi connectivity index (χ2v) is 7.36. The van der Waals surface area contributed by atoms with Crippen LogP contribution in [0.3, 0.4) is 0 Å². The summed E-state index contributed by atoms with van der Waals surface area (Å²) in [4.78, 5) is 30.9. The fourth-order valence-corrected chi connectivity index (χ4v) is 4.64. The molecule has 2 atom stereocenters. The summed E-state index contributed by atoms with van der Waals surface area (Å²) in [6.07, 6.45) is 0. The SMILES string of the molecule is CN1C(=O)c2ccccc2C(C(=O)N2CCOCC2)C1c1cccs1. The van der Waals surface area contributed by atoms with Gasteiger partial charge in [-0.2, -0.15) is 0 Å². The van der Waals surface area contributed by atoms with E-state index in [-0.39, 0.29) is 23.8 Å². The third-order valence-electron chi connectivity index (χ3n) is 5.00. The van der Waals surface area contributed by atoms with Crippen LogP contribution >= 0.6 is 11.3 Å². The van der Waals surface area contributed by atoms with Gasteiger partial charge in [0, 0.05) is 30.6 Å². The Morgan fingerprint density at radius 2 is 1.92 bits per heavy atom. The fraction of sp³-hybridized carbons (Fsp3) is 0.368. The highest BCUT2D eigenvalue weighted by molar-refractivity contribution is 7.10. The molecule has 2 unspecified atom stereocenters. The van der Waals surface area contributed by atoms with Gasteiger partial charge in [-0.15, -0.1) is 11.3 Å². The van der Waals surface area contributed by atoms with Crippen LogP contribution in [0.5, 0.6) is 0 Å². The molecule has 3 heterocycles.